The van der Waals surface area contributed by atoms with Gasteiger partial charge in [0, 0.05) is 36.7 Å². The van der Waals surface area contributed by atoms with Crippen LogP contribution in [0.25, 0.3) is 0 Å². The third-order valence-electron chi connectivity index (χ3n) is 4.49. The number of aryl methyl sites for hydroxylation is 1. The second-order valence-electron chi connectivity index (χ2n) is 6.20. The number of alkyl halides is 1. The van der Waals surface area contributed by atoms with Crippen molar-refractivity contribution < 1.29 is 0 Å². The van der Waals surface area contributed by atoms with Gasteiger partial charge >= 0.3 is 0 Å². The van der Waals surface area contributed by atoms with Gasteiger partial charge in [-0.25, -0.2) is 0 Å². The zero-order chi connectivity index (χ0) is 17.5. The van der Waals surface area contributed by atoms with Gasteiger partial charge in [-0.3, -0.25) is 0 Å². The van der Waals surface area contributed by atoms with E-state index in [0.29, 0.717) is 18.8 Å². The molecular formula is C20H26ClN3. The highest BCUT2D eigenvalue weighted by Gasteiger charge is 2.19. The minimum atomic E-state index is 0.366. The molecule has 3 nitrogen and oxygen atoms in total. The predicted molar refractivity (Wildman–Crippen MR) is 104 cm³/mol. The molecule has 0 spiro atoms. The average molecular weight is 344 g/mol. The molecule has 0 bridgehead atoms. The molecule has 0 unspecified atom stereocenters. The first kappa shape index (κ1) is 18.4. The molecule has 0 saturated heterocycles. The van der Waals surface area contributed by atoms with E-state index >= 15 is 0 Å². The van der Waals surface area contributed by atoms with Crippen molar-refractivity contribution in [3.05, 3.63) is 48.2 Å². The number of hydrogen-bond acceptors (Lipinski definition) is 3. The summed E-state index contributed by atoms with van der Waals surface area (Å²) in [6.45, 7) is 13.0. The highest BCUT2D eigenvalue weighted by Crippen LogP contribution is 2.32. The fourth-order valence-electron chi connectivity index (χ4n) is 3.08. The number of nitriles is 1. The normalized spacial score (nSPS) is 13.1. The third-order valence-corrected chi connectivity index (χ3v) is 4.80. The van der Waals surface area contributed by atoms with Gasteiger partial charge in [-0.1, -0.05) is 25.7 Å². The molecule has 0 radical (unpaired) electrons. The van der Waals surface area contributed by atoms with E-state index in [1.54, 1.807) is 0 Å². The van der Waals surface area contributed by atoms with Gasteiger partial charge in [0.15, 0.2) is 0 Å². The topological polar surface area (TPSA) is 30.3 Å². The van der Waals surface area contributed by atoms with E-state index in [2.05, 4.69) is 54.1 Å². The molecule has 0 saturated carbocycles. The van der Waals surface area contributed by atoms with Gasteiger partial charge in [-0.05, 0) is 43.0 Å². The van der Waals surface area contributed by atoms with E-state index < -0.39 is 0 Å². The van der Waals surface area contributed by atoms with Gasteiger partial charge in [0.2, 0.25) is 0 Å². The van der Waals surface area contributed by atoms with Gasteiger partial charge in [-0.15, -0.1) is 11.6 Å². The number of allylic oxidation sites excluding steroid dienone is 1. The lowest BCUT2D eigenvalue weighted by Gasteiger charge is -2.33. The van der Waals surface area contributed by atoms with Crippen LogP contribution in [0, 0.1) is 11.3 Å². The van der Waals surface area contributed by atoms with Crippen molar-refractivity contribution in [2.45, 2.75) is 32.6 Å². The van der Waals surface area contributed by atoms with Crippen LogP contribution in [-0.2, 0) is 6.42 Å². The zero-order valence-corrected chi connectivity index (χ0v) is 15.3. The molecule has 1 heterocycles. The lowest BCUT2D eigenvalue weighted by Crippen LogP contribution is -2.31. The molecule has 2 rings (SSSR count). The molecule has 1 aliphatic heterocycles. The van der Waals surface area contributed by atoms with Crippen molar-refractivity contribution in [2.75, 3.05) is 35.3 Å². The van der Waals surface area contributed by atoms with Crippen molar-refractivity contribution in [3.8, 4) is 6.07 Å². The molecule has 1 aromatic carbocycles. The molecule has 1 aliphatic rings. The van der Waals surface area contributed by atoms with E-state index in [1.807, 2.05) is 0 Å². The van der Waals surface area contributed by atoms with E-state index in [1.165, 1.54) is 16.8 Å². The standard InChI is InChI=1S/C20H26ClN3/c1-4-16(2)15-23-11-5-7-18-13-19(8-9-20(18)23)24(12-6-10-22)17(3)14-21/h8-9,13H,2-7,11-12,14-15H2,1H3. The van der Waals surface area contributed by atoms with Crippen LogP contribution in [0.2, 0.25) is 0 Å². The quantitative estimate of drug-likeness (QED) is 0.498. The molecule has 0 N–H and O–H groups in total. The smallest absolute Gasteiger partial charge is 0.0640 e. The molecule has 1 aromatic rings. The second kappa shape index (κ2) is 8.80. The summed E-state index contributed by atoms with van der Waals surface area (Å²) < 4.78 is 0. The van der Waals surface area contributed by atoms with Gasteiger partial charge in [-0.2, -0.15) is 5.26 Å². The molecule has 128 valence electrons. The third kappa shape index (κ3) is 4.33. The van der Waals surface area contributed by atoms with Crippen molar-refractivity contribution in [1.29, 1.82) is 5.26 Å². The summed E-state index contributed by atoms with van der Waals surface area (Å²) in [5.41, 5.74) is 5.83. The molecule has 0 atom stereocenters. The minimum absolute atomic E-state index is 0.366. The van der Waals surface area contributed by atoms with Crippen LogP contribution in [0.4, 0.5) is 11.4 Å². The molecular weight excluding hydrogens is 318 g/mol. The summed E-state index contributed by atoms with van der Waals surface area (Å²) in [7, 11) is 0. The summed E-state index contributed by atoms with van der Waals surface area (Å²) in [4.78, 5) is 4.48. The Labute approximate surface area is 150 Å². The number of nitrogens with zero attached hydrogens (tertiary/aromatic N) is 3. The summed E-state index contributed by atoms with van der Waals surface area (Å²) in [6.07, 6.45) is 3.71. The van der Waals surface area contributed by atoms with Crippen LogP contribution < -0.4 is 9.80 Å². The summed E-state index contributed by atoms with van der Waals surface area (Å²) in [5, 5.41) is 8.90. The highest BCUT2D eigenvalue weighted by molar-refractivity contribution is 6.19. The Bertz CT molecular complexity index is 645. The van der Waals surface area contributed by atoms with Crippen molar-refractivity contribution in [3.63, 3.8) is 0 Å². The maximum atomic E-state index is 8.90. The summed E-state index contributed by atoms with van der Waals surface area (Å²) in [6, 6.07) is 8.73. The molecule has 4 heteroatoms. The van der Waals surface area contributed by atoms with Crippen LogP contribution in [0.5, 0.6) is 0 Å². The van der Waals surface area contributed by atoms with E-state index in [4.69, 9.17) is 16.9 Å². The van der Waals surface area contributed by atoms with Gasteiger partial charge in [0.1, 0.15) is 0 Å². The first-order valence-electron chi connectivity index (χ1n) is 8.53. The average Bonchev–Trinajstić information content (AvgIpc) is 2.61. The fraction of sp³-hybridized carbons (Fsp3) is 0.450. The first-order chi connectivity index (χ1) is 11.6. The largest absolute Gasteiger partial charge is 0.367 e. The van der Waals surface area contributed by atoms with Crippen molar-refractivity contribution in [2.24, 2.45) is 0 Å². The number of benzene rings is 1. The van der Waals surface area contributed by atoms with Crippen LogP contribution in [0.1, 0.15) is 31.7 Å². The molecule has 0 amide bonds. The van der Waals surface area contributed by atoms with Crippen molar-refractivity contribution >= 4 is 23.0 Å². The Morgan fingerprint density at radius 3 is 2.88 bits per heavy atom. The van der Waals surface area contributed by atoms with Gasteiger partial charge in [0.25, 0.3) is 0 Å². The number of fused-ring (bicyclic) bond motifs is 1. The minimum Gasteiger partial charge on any atom is -0.367 e. The van der Waals surface area contributed by atoms with Gasteiger partial charge in [0.05, 0.1) is 18.4 Å². The van der Waals surface area contributed by atoms with Crippen molar-refractivity contribution in [1.82, 2.24) is 0 Å². The van der Waals surface area contributed by atoms with Crippen LogP contribution in [0.15, 0.2) is 42.6 Å². The fourth-order valence-corrected chi connectivity index (χ4v) is 3.22. The SMILES string of the molecule is C=C(CC)CN1CCCc2cc(N(CCC#N)C(=C)CCl)ccc21. The Morgan fingerprint density at radius 2 is 2.21 bits per heavy atom. The number of hydrogen-bond donors (Lipinski definition) is 0. The van der Waals surface area contributed by atoms with E-state index in [9.17, 15) is 0 Å². The summed E-state index contributed by atoms with van der Waals surface area (Å²) >= 11 is 5.97. The van der Waals surface area contributed by atoms with E-state index in [0.717, 1.165) is 43.7 Å². The Morgan fingerprint density at radius 1 is 1.42 bits per heavy atom. The molecule has 0 fully saturated rings. The monoisotopic (exact) mass is 343 g/mol. The van der Waals surface area contributed by atoms with E-state index in [-0.39, 0.29) is 0 Å². The Kier molecular flexibility index (Phi) is 6.75. The molecule has 24 heavy (non-hydrogen) atoms. The number of anilines is 2. The Hall–Kier alpha value is -1.92. The molecule has 0 aromatic heterocycles. The maximum Gasteiger partial charge on any atom is 0.0640 e. The van der Waals surface area contributed by atoms with Crippen LogP contribution in [0.3, 0.4) is 0 Å². The number of rotatable bonds is 8. The first-order valence-corrected chi connectivity index (χ1v) is 9.06. The zero-order valence-electron chi connectivity index (χ0n) is 14.5. The second-order valence-corrected chi connectivity index (χ2v) is 6.47. The highest BCUT2D eigenvalue weighted by atomic mass is 35.5. The summed E-state index contributed by atoms with van der Waals surface area (Å²) in [5.74, 6) is 0.366. The number of halogens is 1. The van der Waals surface area contributed by atoms with Crippen LogP contribution >= 0.6 is 11.6 Å². The lowest BCUT2D eigenvalue weighted by atomic mass is 9.99. The lowest BCUT2D eigenvalue weighted by molar-refractivity contribution is 0.708. The molecule has 0 aliphatic carbocycles. The van der Waals surface area contributed by atoms with Crippen LogP contribution in [-0.4, -0.2) is 25.5 Å². The Balaban J connectivity index is 2.27. The van der Waals surface area contributed by atoms with Gasteiger partial charge < -0.3 is 9.80 Å². The predicted octanol–water partition coefficient (Wildman–Crippen LogP) is 4.88. The maximum absolute atomic E-state index is 8.90.